The fraction of sp³-hybridized carbons (Fsp3) is 0.179. The van der Waals surface area contributed by atoms with Gasteiger partial charge in [-0.15, -0.1) is 0 Å². The summed E-state index contributed by atoms with van der Waals surface area (Å²) in [6.07, 6.45) is 0.0331. The van der Waals surface area contributed by atoms with Gasteiger partial charge in [-0.2, -0.15) is 4.98 Å². The Morgan fingerprint density at radius 3 is 2.41 bits per heavy atom. The van der Waals surface area contributed by atoms with Gasteiger partial charge in [0.2, 0.25) is 11.8 Å². The van der Waals surface area contributed by atoms with Crippen LogP contribution in [0.5, 0.6) is 5.88 Å². The number of benzene rings is 3. The molecule has 4 bridgehead atoms. The summed E-state index contributed by atoms with van der Waals surface area (Å²) in [6, 6.07) is 23.2. The van der Waals surface area contributed by atoms with Gasteiger partial charge in [-0.05, 0) is 48.7 Å². The third kappa shape index (κ3) is 5.46. The SMILES string of the molecule is Cc1cccc(C)c1-c1cc2nc(n1)NS(=O)(=O)c1cccc(c1)C(=O)NC[C@@H](Cc1ccccc1)O2. The Hall–Kier alpha value is -4.24. The molecule has 0 fully saturated rings. The van der Waals surface area contributed by atoms with Crippen LogP contribution in [-0.4, -0.2) is 36.9 Å². The van der Waals surface area contributed by atoms with Crippen molar-refractivity contribution in [3.05, 3.63) is 101 Å². The minimum absolute atomic E-state index is 0.0659. The third-order valence-corrected chi connectivity index (χ3v) is 7.48. The molecule has 9 heteroatoms. The summed E-state index contributed by atoms with van der Waals surface area (Å²) >= 11 is 0. The lowest BCUT2D eigenvalue weighted by atomic mass is 10.00. The van der Waals surface area contributed by atoms with E-state index in [1.54, 1.807) is 12.1 Å². The maximum absolute atomic E-state index is 13.2. The smallest absolute Gasteiger partial charge is 0.264 e. The zero-order valence-electron chi connectivity index (χ0n) is 20.4. The van der Waals surface area contributed by atoms with Crippen LogP contribution in [0, 0.1) is 13.8 Å². The van der Waals surface area contributed by atoms with E-state index in [1.165, 1.54) is 18.2 Å². The molecule has 37 heavy (non-hydrogen) atoms. The molecule has 188 valence electrons. The predicted octanol–water partition coefficient (Wildman–Crippen LogP) is 4.29. The number of amides is 1. The molecular weight excluding hydrogens is 488 g/mol. The third-order valence-electron chi connectivity index (χ3n) is 6.16. The van der Waals surface area contributed by atoms with Crippen molar-refractivity contribution >= 4 is 21.9 Å². The lowest BCUT2D eigenvalue weighted by molar-refractivity contribution is 0.0925. The van der Waals surface area contributed by atoms with Gasteiger partial charge in [0.05, 0.1) is 17.1 Å². The highest BCUT2D eigenvalue weighted by Gasteiger charge is 2.23. The summed E-state index contributed by atoms with van der Waals surface area (Å²) in [4.78, 5) is 21.7. The second-order valence-electron chi connectivity index (χ2n) is 8.95. The van der Waals surface area contributed by atoms with Crippen molar-refractivity contribution in [2.45, 2.75) is 31.3 Å². The minimum atomic E-state index is -4.07. The molecule has 4 aromatic rings. The topological polar surface area (TPSA) is 110 Å². The van der Waals surface area contributed by atoms with Crippen molar-refractivity contribution < 1.29 is 17.9 Å². The number of hydrogen-bond donors (Lipinski definition) is 2. The monoisotopic (exact) mass is 514 g/mol. The average Bonchev–Trinajstić information content (AvgIpc) is 2.87. The molecule has 2 heterocycles. The van der Waals surface area contributed by atoms with E-state index in [9.17, 15) is 13.2 Å². The maximum atomic E-state index is 13.2. The van der Waals surface area contributed by atoms with Crippen LogP contribution in [0.15, 0.2) is 83.8 Å². The van der Waals surface area contributed by atoms with E-state index < -0.39 is 22.0 Å². The molecular formula is C28H26N4O4S. The molecule has 1 aliphatic rings. The van der Waals surface area contributed by atoms with Crippen LogP contribution in [0.25, 0.3) is 11.3 Å². The van der Waals surface area contributed by atoms with Crippen LogP contribution in [0.1, 0.15) is 27.0 Å². The first-order valence-corrected chi connectivity index (χ1v) is 13.3. The van der Waals surface area contributed by atoms with Gasteiger partial charge in [0.1, 0.15) is 6.10 Å². The molecule has 1 aliphatic heterocycles. The molecule has 1 aromatic heterocycles. The zero-order valence-corrected chi connectivity index (χ0v) is 21.2. The number of rotatable bonds is 3. The van der Waals surface area contributed by atoms with Gasteiger partial charge in [0.15, 0.2) is 0 Å². The van der Waals surface area contributed by atoms with Crippen LogP contribution < -0.4 is 14.8 Å². The summed E-state index contributed by atoms with van der Waals surface area (Å²) in [5.74, 6) is -0.309. The van der Waals surface area contributed by atoms with Gasteiger partial charge >= 0.3 is 0 Å². The molecule has 8 nitrogen and oxygen atoms in total. The molecule has 0 saturated carbocycles. The number of carbonyl (C=O) groups excluding carboxylic acids is 1. The number of ether oxygens (including phenoxy) is 1. The van der Waals surface area contributed by atoms with Gasteiger partial charge in [0, 0.05) is 23.6 Å². The predicted molar refractivity (Wildman–Crippen MR) is 141 cm³/mol. The Morgan fingerprint density at radius 2 is 1.65 bits per heavy atom. The van der Waals surface area contributed by atoms with E-state index in [4.69, 9.17) is 4.74 Å². The lowest BCUT2D eigenvalue weighted by Crippen LogP contribution is -2.37. The van der Waals surface area contributed by atoms with Crippen molar-refractivity contribution in [2.75, 3.05) is 11.3 Å². The number of aryl methyl sites for hydroxylation is 2. The first kappa shape index (κ1) is 24.5. The van der Waals surface area contributed by atoms with Crippen LogP contribution in [0.3, 0.4) is 0 Å². The molecule has 3 aromatic carbocycles. The number of sulfonamides is 1. The lowest BCUT2D eigenvalue weighted by Gasteiger charge is -2.20. The highest BCUT2D eigenvalue weighted by Crippen LogP contribution is 2.30. The van der Waals surface area contributed by atoms with Gasteiger partial charge in [-0.3, -0.25) is 4.79 Å². The highest BCUT2D eigenvalue weighted by molar-refractivity contribution is 7.92. The second-order valence-corrected chi connectivity index (χ2v) is 10.6. The van der Waals surface area contributed by atoms with Crippen LogP contribution in [0.4, 0.5) is 5.95 Å². The van der Waals surface area contributed by atoms with Gasteiger partial charge in [-0.1, -0.05) is 54.6 Å². The summed E-state index contributed by atoms with van der Waals surface area (Å²) < 4.78 is 35.2. The first-order chi connectivity index (χ1) is 17.8. The van der Waals surface area contributed by atoms with E-state index >= 15 is 0 Å². The standard InChI is InChI=1S/C28H26N4O4S/c1-18-8-6-9-19(2)26(18)24-16-25-31-28(30-24)32-37(34,35)23-13-7-12-21(15-23)27(33)29-17-22(36-25)14-20-10-4-3-5-11-20/h3-13,15-16,22H,14,17H2,1-2H3,(H,29,33)(H,30,31,32)/t22-/m1/s1. The first-order valence-electron chi connectivity index (χ1n) is 11.9. The number of hydrogen-bond acceptors (Lipinski definition) is 6. The van der Waals surface area contributed by atoms with Crippen molar-refractivity contribution in [3.8, 4) is 17.1 Å². The Balaban J connectivity index is 1.64. The summed E-state index contributed by atoms with van der Waals surface area (Å²) in [5, 5.41) is 2.88. The quantitative estimate of drug-likeness (QED) is 0.422. The maximum Gasteiger partial charge on any atom is 0.264 e. The summed E-state index contributed by atoms with van der Waals surface area (Å²) in [5.41, 5.74) is 4.62. The number of anilines is 1. The molecule has 0 aliphatic carbocycles. The highest BCUT2D eigenvalue weighted by atomic mass is 32.2. The van der Waals surface area contributed by atoms with E-state index in [-0.39, 0.29) is 28.8 Å². The normalized spacial score (nSPS) is 16.7. The van der Waals surface area contributed by atoms with Gasteiger partial charge < -0.3 is 10.1 Å². The van der Waals surface area contributed by atoms with Crippen LogP contribution in [-0.2, 0) is 16.4 Å². The van der Waals surface area contributed by atoms with E-state index in [1.807, 2.05) is 62.4 Å². The Labute approximate surface area is 215 Å². The second kappa shape index (κ2) is 10.0. The Bertz CT molecular complexity index is 1550. The van der Waals surface area contributed by atoms with Crippen molar-refractivity contribution in [1.82, 2.24) is 15.3 Å². The fourth-order valence-corrected chi connectivity index (χ4v) is 5.36. The molecule has 2 N–H and O–H groups in total. The molecule has 1 atom stereocenters. The fourth-order valence-electron chi connectivity index (χ4n) is 4.37. The number of nitrogens with one attached hydrogen (secondary N) is 2. The summed E-state index contributed by atoms with van der Waals surface area (Å²) in [6.45, 7) is 4.13. The molecule has 0 spiro atoms. The van der Waals surface area contributed by atoms with Gasteiger partial charge in [-0.25, -0.2) is 18.1 Å². The van der Waals surface area contributed by atoms with Crippen LogP contribution >= 0.6 is 0 Å². The zero-order chi connectivity index (χ0) is 26.0. The van der Waals surface area contributed by atoms with Gasteiger partial charge in [0.25, 0.3) is 15.9 Å². The Morgan fingerprint density at radius 1 is 0.919 bits per heavy atom. The molecule has 0 saturated heterocycles. The van der Waals surface area contributed by atoms with Crippen molar-refractivity contribution in [3.63, 3.8) is 0 Å². The molecule has 1 amide bonds. The molecule has 0 radical (unpaired) electrons. The largest absolute Gasteiger partial charge is 0.472 e. The number of fused-ring (bicyclic) bond motifs is 4. The average molecular weight is 515 g/mol. The van der Waals surface area contributed by atoms with Crippen molar-refractivity contribution in [1.29, 1.82) is 0 Å². The summed E-state index contributed by atoms with van der Waals surface area (Å²) in [7, 11) is -4.07. The minimum Gasteiger partial charge on any atom is -0.472 e. The van der Waals surface area contributed by atoms with E-state index in [2.05, 4.69) is 20.0 Å². The van der Waals surface area contributed by atoms with E-state index in [0.29, 0.717) is 12.1 Å². The molecule has 0 unspecified atom stereocenters. The van der Waals surface area contributed by atoms with Crippen LogP contribution in [0.2, 0.25) is 0 Å². The van der Waals surface area contributed by atoms with E-state index in [0.717, 1.165) is 22.3 Å². The molecule has 5 rings (SSSR count). The number of aromatic nitrogens is 2. The number of nitrogens with zero attached hydrogens (tertiary/aromatic N) is 2. The van der Waals surface area contributed by atoms with Crippen molar-refractivity contribution in [2.24, 2.45) is 0 Å². The number of carbonyl (C=O) groups is 1. The Kier molecular flexibility index (Phi) is 6.62.